The fraction of sp³-hybridized carbons (Fsp3) is 0.625. The summed E-state index contributed by atoms with van der Waals surface area (Å²) in [6, 6.07) is 15.2. The molecule has 2 aromatic carbocycles. The lowest BCUT2D eigenvalue weighted by Crippen LogP contribution is -2.00. The van der Waals surface area contributed by atoms with E-state index in [0.717, 1.165) is 30.9 Å². The van der Waals surface area contributed by atoms with Crippen LogP contribution in [0.25, 0.3) is 0 Å². The van der Waals surface area contributed by atoms with E-state index >= 15 is 0 Å². The Bertz CT molecular complexity index is 808. The second kappa shape index (κ2) is 16.0. The van der Waals surface area contributed by atoms with E-state index in [1.165, 1.54) is 107 Å². The first-order chi connectivity index (χ1) is 16.8. The van der Waals surface area contributed by atoms with E-state index in [4.69, 9.17) is 9.47 Å². The zero-order valence-electron chi connectivity index (χ0n) is 22.0. The Kier molecular flexibility index (Phi) is 12.6. The summed E-state index contributed by atoms with van der Waals surface area (Å²) in [5.41, 5.74) is 4.04. The molecule has 34 heavy (non-hydrogen) atoms. The highest BCUT2D eigenvalue weighted by Crippen LogP contribution is 2.39. The molecule has 1 saturated heterocycles. The van der Waals surface area contributed by atoms with Gasteiger partial charge in [0.15, 0.2) is 0 Å². The van der Waals surface area contributed by atoms with Gasteiger partial charge in [-0.25, -0.2) is 0 Å². The average molecular weight is 465 g/mol. The molecule has 1 heterocycles. The maximum atomic E-state index is 6.62. The first-order valence-corrected chi connectivity index (χ1v) is 14.3. The van der Waals surface area contributed by atoms with Gasteiger partial charge in [-0.15, -0.1) is 0 Å². The third kappa shape index (κ3) is 9.45. The van der Waals surface area contributed by atoms with Gasteiger partial charge in [-0.05, 0) is 48.9 Å². The molecule has 2 aromatic rings. The van der Waals surface area contributed by atoms with E-state index in [1.54, 1.807) is 0 Å². The number of benzene rings is 2. The zero-order valence-corrected chi connectivity index (χ0v) is 22.0. The molecule has 0 amide bonds. The predicted molar refractivity (Wildman–Crippen MR) is 145 cm³/mol. The molecule has 0 N–H and O–H groups in total. The Hall–Kier alpha value is -1.80. The van der Waals surface area contributed by atoms with Crippen molar-refractivity contribution in [3.63, 3.8) is 0 Å². The van der Waals surface area contributed by atoms with E-state index in [0.29, 0.717) is 0 Å². The number of epoxide rings is 1. The molecule has 1 aliphatic rings. The maximum absolute atomic E-state index is 6.62. The monoisotopic (exact) mass is 464 g/mol. The Balaban J connectivity index is 1.57. The minimum absolute atomic E-state index is 0.269. The van der Waals surface area contributed by atoms with Crippen LogP contribution in [0.5, 0.6) is 11.5 Å². The summed E-state index contributed by atoms with van der Waals surface area (Å²) < 4.78 is 12.3. The van der Waals surface area contributed by atoms with Crippen LogP contribution in [-0.4, -0.2) is 6.61 Å². The first-order valence-electron chi connectivity index (χ1n) is 14.3. The number of rotatable bonds is 19. The highest BCUT2D eigenvalue weighted by atomic mass is 16.6. The highest BCUT2D eigenvalue weighted by molar-refractivity contribution is 5.46. The third-order valence-corrected chi connectivity index (χ3v) is 7.12. The number of ether oxygens (including phenoxy) is 2. The molecule has 0 radical (unpaired) electrons. The van der Waals surface area contributed by atoms with Crippen LogP contribution in [0.3, 0.4) is 0 Å². The largest absolute Gasteiger partial charge is 0.457 e. The smallest absolute Gasteiger partial charge is 0.131 e. The average Bonchev–Trinajstić information content (AvgIpc) is 3.70. The molecule has 0 aromatic heterocycles. The van der Waals surface area contributed by atoms with Crippen LogP contribution in [0.15, 0.2) is 42.5 Å². The van der Waals surface area contributed by atoms with E-state index in [1.807, 2.05) is 0 Å². The summed E-state index contributed by atoms with van der Waals surface area (Å²) in [7, 11) is 0. The molecule has 2 heteroatoms. The van der Waals surface area contributed by atoms with Crippen molar-refractivity contribution in [2.75, 3.05) is 6.61 Å². The van der Waals surface area contributed by atoms with Gasteiger partial charge in [0.2, 0.25) is 0 Å². The summed E-state index contributed by atoms with van der Waals surface area (Å²) in [6.45, 7) is 5.41. The minimum Gasteiger partial charge on any atom is -0.457 e. The third-order valence-electron chi connectivity index (χ3n) is 7.12. The Morgan fingerprint density at radius 3 is 1.85 bits per heavy atom. The van der Waals surface area contributed by atoms with Crippen molar-refractivity contribution < 1.29 is 9.47 Å². The SMILES string of the molecule is CCCCCCCCCc1ccccc1Oc1cccc(C2CO2)c1CCCCCCCCC. The normalized spacial score (nSPS) is 14.9. The lowest BCUT2D eigenvalue weighted by atomic mass is 9.97. The van der Waals surface area contributed by atoms with Gasteiger partial charge in [-0.1, -0.05) is 121 Å². The molecule has 1 aliphatic heterocycles. The van der Waals surface area contributed by atoms with E-state index in [2.05, 4.69) is 56.3 Å². The molecule has 1 fully saturated rings. The quantitative estimate of drug-likeness (QED) is 0.152. The minimum atomic E-state index is 0.269. The first kappa shape index (κ1) is 26.8. The Morgan fingerprint density at radius 2 is 1.21 bits per heavy atom. The van der Waals surface area contributed by atoms with Crippen LogP contribution in [0.1, 0.15) is 127 Å². The standard InChI is InChI=1S/C32H48O2/c1-3-5-7-9-11-13-15-20-27-21-17-18-24-30(27)34-31-25-19-23-29(32-26-33-32)28(31)22-16-14-12-10-8-6-4-2/h17-19,21,23-25,32H,3-16,20,22,26H2,1-2H3. The van der Waals surface area contributed by atoms with Crippen LogP contribution < -0.4 is 4.74 Å². The summed E-state index contributed by atoms with van der Waals surface area (Å²) in [4.78, 5) is 0. The van der Waals surface area contributed by atoms with Crippen molar-refractivity contribution >= 4 is 0 Å². The van der Waals surface area contributed by atoms with Gasteiger partial charge in [-0.3, -0.25) is 0 Å². The van der Waals surface area contributed by atoms with Crippen LogP contribution in [0.4, 0.5) is 0 Å². The second-order valence-corrected chi connectivity index (χ2v) is 10.1. The summed E-state index contributed by atoms with van der Waals surface area (Å²) in [5.74, 6) is 2.06. The van der Waals surface area contributed by atoms with Crippen LogP contribution >= 0.6 is 0 Å². The van der Waals surface area contributed by atoms with Gasteiger partial charge in [0.25, 0.3) is 0 Å². The fourth-order valence-electron chi connectivity index (χ4n) is 4.93. The lowest BCUT2D eigenvalue weighted by Gasteiger charge is -2.17. The van der Waals surface area contributed by atoms with Crippen molar-refractivity contribution in [2.24, 2.45) is 0 Å². The van der Waals surface area contributed by atoms with Crippen molar-refractivity contribution in [1.82, 2.24) is 0 Å². The topological polar surface area (TPSA) is 21.8 Å². The van der Waals surface area contributed by atoms with Gasteiger partial charge in [0, 0.05) is 5.56 Å². The van der Waals surface area contributed by atoms with Gasteiger partial charge in [-0.2, -0.15) is 0 Å². The Labute approximate surface area is 209 Å². The van der Waals surface area contributed by atoms with Crippen LogP contribution in [-0.2, 0) is 17.6 Å². The highest BCUT2D eigenvalue weighted by Gasteiger charge is 2.28. The number of hydrogen-bond donors (Lipinski definition) is 0. The van der Waals surface area contributed by atoms with Gasteiger partial charge < -0.3 is 9.47 Å². The maximum Gasteiger partial charge on any atom is 0.131 e. The van der Waals surface area contributed by atoms with E-state index in [9.17, 15) is 0 Å². The summed E-state index contributed by atoms with van der Waals surface area (Å²) >= 11 is 0. The molecular formula is C32H48O2. The van der Waals surface area contributed by atoms with Gasteiger partial charge in [0.05, 0.1) is 6.61 Å². The van der Waals surface area contributed by atoms with Gasteiger partial charge in [0.1, 0.15) is 17.6 Å². The molecule has 0 aliphatic carbocycles. The molecule has 2 nitrogen and oxygen atoms in total. The summed E-state index contributed by atoms with van der Waals surface area (Å²) in [6.07, 6.45) is 21.2. The molecule has 0 saturated carbocycles. The van der Waals surface area contributed by atoms with Crippen molar-refractivity contribution in [3.8, 4) is 11.5 Å². The van der Waals surface area contributed by atoms with E-state index < -0.39 is 0 Å². The van der Waals surface area contributed by atoms with Crippen molar-refractivity contribution in [1.29, 1.82) is 0 Å². The number of aryl methyl sites for hydroxylation is 1. The fourth-order valence-corrected chi connectivity index (χ4v) is 4.93. The van der Waals surface area contributed by atoms with Crippen LogP contribution in [0.2, 0.25) is 0 Å². The molecular weight excluding hydrogens is 416 g/mol. The molecule has 1 atom stereocenters. The molecule has 0 spiro atoms. The Morgan fingerprint density at radius 1 is 0.647 bits per heavy atom. The summed E-state index contributed by atoms with van der Waals surface area (Å²) in [5, 5.41) is 0. The zero-order chi connectivity index (χ0) is 23.8. The predicted octanol–water partition coefficient (Wildman–Crippen LogP) is 10.1. The van der Waals surface area contributed by atoms with E-state index in [-0.39, 0.29) is 6.10 Å². The molecule has 3 rings (SSSR count). The molecule has 1 unspecified atom stereocenters. The second-order valence-electron chi connectivity index (χ2n) is 10.1. The van der Waals surface area contributed by atoms with Gasteiger partial charge >= 0.3 is 0 Å². The number of hydrogen-bond acceptors (Lipinski definition) is 2. The number of unbranched alkanes of at least 4 members (excludes halogenated alkanes) is 12. The molecule has 0 bridgehead atoms. The molecule has 188 valence electrons. The van der Waals surface area contributed by atoms with Crippen LogP contribution in [0, 0.1) is 0 Å². The van der Waals surface area contributed by atoms with Crippen molar-refractivity contribution in [2.45, 2.75) is 123 Å². The lowest BCUT2D eigenvalue weighted by molar-refractivity contribution is 0.411. The number of para-hydroxylation sites is 1. The van der Waals surface area contributed by atoms with Crippen molar-refractivity contribution in [3.05, 3.63) is 59.2 Å².